The molecule has 162 valence electrons. The van der Waals surface area contributed by atoms with Gasteiger partial charge in [-0.3, -0.25) is 14.9 Å². The van der Waals surface area contributed by atoms with E-state index in [0.29, 0.717) is 11.4 Å². The first-order chi connectivity index (χ1) is 14.8. The average Bonchev–Trinajstić information content (AvgIpc) is 3.07. The second kappa shape index (κ2) is 9.65. The summed E-state index contributed by atoms with van der Waals surface area (Å²) < 4.78 is 10.5. The first-order valence-electron chi connectivity index (χ1n) is 9.79. The lowest BCUT2D eigenvalue weighted by Gasteiger charge is -2.14. The average molecular weight is 442 g/mol. The molecule has 0 aliphatic rings. The Kier molecular flexibility index (Phi) is 6.96. The number of fused-ring (bicyclic) bond motifs is 1. The summed E-state index contributed by atoms with van der Waals surface area (Å²) in [5, 5.41) is 3.79. The minimum Gasteiger partial charge on any atom is -0.462 e. The SMILES string of the molecule is CCOC(=O)c1c(C)oc(NC(=O)C(CC)Sc2ccc3ccccc3n2)c1C(N)=O. The van der Waals surface area contributed by atoms with E-state index >= 15 is 0 Å². The Morgan fingerprint density at radius 1 is 1.16 bits per heavy atom. The molecule has 0 saturated heterocycles. The van der Waals surface area contributed by atoms with Gasteiger partial charge in [0.25, 0.3) is 5.91 Å². The smallest absolute Gasteiger partial charge is 0.342 e. The van der Waals surface area contributed by atoms with E-state index in [9.17, 15) is 14.4 Å². The number of nitrogens with two attached hydrogens (primary N) is 1. The van der Waals surface area contributed by atoms with Crippen molar-refractivity contribution in [3.8, 4) is 0 Å². The molecule has 0 aliphatic carbocycles. The molecule has 31 heavy (non-hydrogen) atoms. The Morgan fingerprint density at radius 3 is 2.58 bits per heavy atom. The largest absolute Gasteiger partial charge is 0.462 e. The van der Waals surface area contributed by atoms with E-state index in [1.807, 2.05) is 43.3 Å². The molecule has 1 unspecified atom stereocenters. The van der Waals surface area contributed by atoms with Crippen LogP contribution in [0.1, 0.15) is 46.7 Å². The Morgan fingerprint density at radius 2 is 1.90 bits per heavy atom. The highest BCUT2D eigenvalue weighted by atomic mass is 32.2. The Balaban J connectivity index is 1.83. The van der Waals surface area contributed by atoms with E-state index in [4.69, 9.17) is 14.9 Å². The lowest BCUT2D eigenvalue weighted by molar-refractivity contribution is -0.115. The van der Waals surface area contributed by atoms with Gasteiger partial charge in [0.1, 0.15) is 16.9 Å². The number of ether oxygens (including phenoxy) is 1. The number of amides is 2. The van der Waals surface area contributed by atoms with Crippen LogP contribution in [0.3, 0.4) is 0 Å². The third-order valence-corrected chi connectivity index (χ3v) is 5.85. The van der Waals surface area contributed by atoms with Crippen LogP contribution < -0.4 is 11.1 Å². The number of para-hydroxylation sites is 1. The lowest BCUT2D eigenvalue weighted by atomic mass is 10.1. The van der Waals surface area contributed by atoms with Crippen LogP contribution in [0.15, 0.2) is 45.8 Å². The van der Waals surface area contributed by atoms with Crippen LogP contribution in [0.5, 0.6) is 0 Å². The molecule has 3 aromatic rings. The number of benzene rings is 1. The number of nitrogens with one attached hydrogen (secondary N) is 1. The molecule has 3 rings (SSSR count). The number of rotatable bonds is 8. The molecule has 2 amide bonds. The van der Waals surface area contributed by atoms with Crippen LogP contribution in [-0.4, -0.2) is 34.6 Å². The minimum absolute atomic E-state index is 0.0819. The van der Waals surface area contributed by atoms with Crippen molar-refractivity contribution >= 4 is 46.3 Å². The van der Waals surface area contributed by atoms with Gasteiger partial charge in [-0.1, -0.05) is 43.0 Å². The number of aromatic nitrogens is 1. The van der Waals surface area contributed by atoms with Crippen molar-refractivity contribution in [3.63, 3.8) is 0 Å². The fourth-order valence-electron chi connectivity index (χ4n) is 3.09. The molecule has 0 spiro atoms. The summed E-state index contributed by atoms with van der Waals surface area (Å²) in [5.41, 5.74) is 6.00. The number of hydrogen-bond donors (Lipinski definition) is 2. The zero-order valence-corrected chi connectivity index (χ0v) is 18.2. The van der Waals surface area contributed by atoms with E-state index in [-0.39, 0.29) is 29.4 Å². The number of anilines is 1. The number of thioether (sulfide) groups is 1. The van der Waals surface area contributed by atoms with Gasteiger partial charge in [-0.25, -0.2) is 9.78 Å². The molecule has 2 aromatic heterocycles. The lowest BCUT2D eigenvalue weighted by Crippen LogP contribution is -2.26. The third kappa shape index (κ3) is 4.88. The first-order valence-corrected chi connectivity index (χ1v) is 10.7. The molecular formula is C22H23N3O5S. The zero-order valence-electron chi connectivity index (χ0n) is 17.4. The zero-order chi connectivity index (χ0) is 22.5. The molecule has 9 heteroatoms. The second-order valence-corrected chi connectivity index (χ2v) is 7.89. The van der Waals surface area contributed by atoms with E-state index in [1.54, 1.807) is 6.92 Å². The van der Waals surface area contributed by atoms with Crippen molar-refractivity contribution in [1.82, 2.24) is 4.98 Å². The van der Waals surface area contributed by atoms with Crippen molar-refractivity contribution in [2.75, 3.05) is 11.9 Å². The van der Waals surface area contributed by atoms with Gasteiger partial charge >= 0.3 is 5.97 Å². The van der Waals surface area contributed by atoms with E-state index < -0.39 is 23.0 Å². The molecule has 3 N–H and O–H groups in total. The van der Waals surface area contributed by atoms with Gasteiger partial charge in [0, 0.05) is 5.39 Å². The summed E-state index contributed by atoms with van der Waals surface area (Å²) in [6.45, 7) is 5.13. The summed E-state index contributed by atoms with van der Waals surface area (Å²) in [4.78, 5) is 41.7. The summed E-state index contributed by atoms with van der Waals surface area (Å²) >= 11 is 1.30. The highest BCUT2D eigenvalue weighted by Gasteiger charge is 2.30. The number of hydrogen-bond acceptors (Lipinski definition) is 7. The molecule has 1 aromatic carbocycles. The van der Waals surface area contributed by atoms with Crippen LogP contribution in [0.25, 0.3) is 10.9 Å². The standard InChI is InChI=1S/C22H23N3O5S/c1-4-15(31-16-11-10-13-8-6-7-9-14(13)24-16)20(27)25-21-18(19(23)26)17(12(3)30-21)22(28)29-5-2/h6-11,15H,4-5H2,1-3H3,(H2,23,26)(H,25,27). The summed E-state index contributed by atoms with van der Waals surface area (Å²) in [6.07, 6.45) is 0.501. The van der Waals surface area contributed by atoms with Crippen LogP contribution in [0, 0.1) is 6.92 Å². The molecule has 0 fully saturated rings. The van der Waals surface area contributed by atoms with Gasteiger partial charge in [-0.05, 0) is 32.4 Å². The van der Waals surface area contributed by atoms with Crippen molar-refractivity contribution < 1.29 is 23.5 Å². The normalized spacial score (nSPS) is 11.8. The maximum Gasteiger partial charge on any atom is 0.342 e. The summed E-state index contributed by atoms with van der Waals surface area (Å²) in [6, 6.07) is 11.5. The van der Waals surface area contributed by atoms with Gasteiger partial charge in [0.15, 0.2) is 0 Å². The second-order valence-electron chi connectivity index (χ2n) is 6.67. The Labute approximate surface area is 183 Å². The predicted octanol–water partition coefficient (Wildman–Crippen LogP) is 3.92. The molecular weight excluding hydrogens is 418 g/mol. The van der Waals surface area contributed by atoms with E-state index in [0.717, 1.165) is 10.9 Å². The topological polar surface area (TPSA) is 125 Å². The number of esters is 1. The first kappa shape index (κ1) is 22.4. The molecule has 0 bridgehead atoms. The fourth-order valence-corrected chi connectivity index (χ4v) is 4.01. The van der Waals surface area contributed by atoms with Crippen LogP contribution in [-0.2, 0) is 9.53 Å². The van der Waals surface area contributed by atoms with Crippen molar-refractivity contribution in [2.45, 2.75) is 37.5 Å². The van der Waals surface area contributed by atoms with Crippen LogP contribution in [0.4, 0.5) is 5.88 Å². The summed E-state index contributed by atoms with van der Waals surface area (Å²) in [7, 11) is 0. The van der Waals surface area contributed by atoms with Crippen LogP contribution in [0.2, 0.25) is 0 Å². The molecule has 0 radical (unpaired) electrons. The molecule has 8 nitrogen and oxygen atoms in total. The number of carbonyl (C=O) groups is 3. The number of carbonyl (C=O) groups excluding carboxylic acids is 3. The Bertz CT molecular complexity index is 1140. The molecule has 0 aliphatic heterocycles. The van der Waals surface area contributed by atoms with Gasteiger partial charge in [-0.15, -0.1) is 0 Å². The molecule has 0 saturated carbocycles. The number of pyridine rings is 1. The number of furan rings is 1. The van der Waals surface area contributed by atoms with Crippen molar-refractivity contribution in [2.24, 2.45) is 5.73 Å². The molecule has 1 atom stereocenters. The van der Waals surface area contributed by atoms with Gasteiger partial charge in [-0.2, -0.15) is 0 Å². The highest BCUT2D eigenvalue weighted by molar-refractivity contribution is 8.00. The van der Waals surface area contributed by atoms with Gasteiger partial charge in [0.2, 0.25) is 11.8 Å². The highest BCUT2D eigenvalue weighted by Crippen LogP contribution is 2.30. The number of primary amides is 1. The number of aryl methyl sites for hydroxylation is 1. The monoisotopic (exact) mass is 441 g/mol. The summed E-state index contributed by atoms with van der Waals surface area (Å²) in [5.74, 6) is -2.05. The van der Waals surface area contributed by atoms with E-state index in [2.05, 4.69) is 10.3 Å². The van der Waals surface area contributed by atoms with Crippen molar-refractivity contribution in [1.29, 1.82) is 0 Å². The maximum atomic E-state index is 12.9. The quantitative estimate of drug-likeness (QED) is 0.401. The Hall–Kier alpha value is -3.33. The third-order valence-electron chi connectivity index (χ3n) is 4.55. The van der Waals surface area contributed by atoms with Crippen molar-refractivity contribution in [3.05, 3.63) is 53.3 Å². The minimum atomic E-state index is -0.896. The maximum absolute atomic E-state index is 12.9. The van der Waals surface area contributed by atoms with Gasteiger partial charge in [0.05, 0.1) is 22.4 Å². The molecule has 2 heterocycles. The predicted molar refractivity (Wildman–Crippen MR) is 118 cm³/mol. The van der Waals surface area contributed by atoms with E-state index in [1.165, 1.54) is 18.7 Å². The fraction of sp³-hybridized carbons (Fsp3) is 0.273. The number of nitrogens with zero attached hydrogens (tertiary/aromatic N) is 1. The van der Waals surface area contributed by atoms with Crippen LogP contribution >= 0.6 is 11.8 Å². The van der Waals surface area contributed by atoms with Gasteiger partial charge < -0.3 is 14.9 Å².